The van der Waals surface area contributed by atoms with Crippen molar-refractivity contribution in [2.75, 3.05) is 5.32 Å². The number of hydrogen-bond acceptors (Lipinski definition) is 1. The number of hydrogen-bond donors (Lipinski definition) is 1. The van der Waals surface area contributed by atoms with Gasteiger partial charge in [0.15, 0.2) is 0 Å². The first-order valence-electron chi connectivity index (χ1n) is 9.11. The number of rotatable bonds is 4. The Morgan fingerprint density at radius 1 is 0.852 bits per heavy atom. The predicted octanol–water partition coefficient (Wildman–Crippen LogP) is 5.56. The molecule has 0 aliphatic carbocycles. The second-order valence-electron chi connectivity index (χ2n) is 6.99. The number of carbonyl (C=O) groups is 1. The Labute approximate surface area is 159 Å². The average molecular weight is 354 g/mol. The first-order chi connectivity index (χ1) is 13.1. The lowest BCUT2D eigenvalue weighted by Crippen LogP contribution is -2.11. The van der Waals surface area contributed by atoms with E-state index < -0.39 is 0 Å². The Hall–Kier alpha value is -3.33. The molecule has 1 heterocycles. The SMILES string of the molecule is Cc1ccc(Cn2cc(NC(=O)c3ccc(C)cc3)c3ccccc32)cc1. The molecule has 0 atom stereocenters. The van der Waals surface area contributed by atoms with Crippen molar-refractivity contribution in [3.8, 4) is 0 Å². The summed E-state index contributed by atoms with van der Waals surface area (Å²) in [6, 6.07) is 24.3. The average Bonchev–Trinajstić information content (AvgIpc) is 3.02. The molecular formula is C24H22N2O. The summed E-state index contributed by atoms with van der Waals surface area (Å²) in [7, 11) is 0. The number of nitrogens with one attached hydrogen (secondary N) is 1. The number of aryl methyl sites for hydroxylation is 2. The van der Waals surface area contributed by atoms with Crippen molar-refractivity contribution in [2.24, 2.45) is 0 Å². The van der Waals surface area contributed by atoms with E-state index in [1.165, 1.54) is 11.1 Å². The summed E-state index contributed by atoms with van der Waals surface area (Å²) in [5.74, 6) is -0.0896. The molecule has 4 aromatic rings. The molecule has 0 spiro atoms. The zero-order valence-electron chi connectivity index (χ0n) is 15.6. The summed E-state index contributed by atoms with van der Waals surface area (Å²) in [4.78, 5) is 12.7. The van der Waals surface area contributed by atoms with Crippen LogP contribution in [-0.2, 0) is 6.54 Å². The zero-order valence-corrected chi connectivity index (χ0v) is 15.6. The highest BCUT2D eigenvalue weighted by Gasteiger charge is 2.12. The molecule has 3 nitrogen and oxygen atoms in total. The minimum absolute atomic E-state index is 0.0896. The number of aromatic nitrogens is 1. The molecule has 134 valence electrons. The fourth-order valence-corrected chi connectivity index (χ4v) is 3.27. The maximum absolute atomic E-state index is 12.7. The number of fused-ring (bicyclic) bond motifs is 1. The standard InChI is InChI=1S/C24H22N2O/c1-17-7-11-19(12-8-17)15-26-16-22(21-5-3-4-6-23(21)26)25-24(27)20-13-9-18(2)10-14-20/h3-14,16H,15H2,1-2H3,(H,25,27). The number of para-hydroxylation sites is 1. The van der Waals surface area contributed by atoms with Crippen LogP contribution in [0.15, 0.2) is 79.0 Å². The maximum atomic E-state index is 12.7. The maximum Gasteiger partial charge on any atom is 0.255 e. The number of benzene rings is 3. The third-order valence-electron chi connectivity index (χ3n) is 4.82. The minimum Gasteiger partial charge on any atom is -0.341 e. The molecule has 0 unspecified atom stereocenters. The van der Waals surface area contributed by atoms with Crippen molar-refractivity contribution >= 4 is 22.5 Å². The van der Waals surface area contributed by atoms with E-state index in [1.54, 1.807) is 0 Å². The first kappa shape index (κ1) is 17.1. The molecule has 1 N–H and O–H groups in total. The Morgan fingerprint density at radius 3 is 2.19 bits per heavy atom. The molecule has 0 saturated heterocycles. The Morgan fingerprint density at radius 2 is 1.48 bits per heavy atom. The van der Waals surface area contributed by atoms with Crippen LogP contribution in [0.2, 0.25) is 0 Å². The number of nitrogens with zero attached hydrogens (tertiary/aromatic N) is 1. The lowest BCUT2D eigenvalue weighted by Gasteiger charge is -2.06. The van der Waals surface area contributed by atoms with Gasteiger partial charge >= 0.3 is 0 Å². The van der Waals surface area contributed by atoms with Crippen LogP contribution in [0.3, 0.4) is 0 Å². The summed E-state index contributed by atoms with van der Waals surface area (Å²) >= 11 is 0. The molecule has 4 rings (SSSR count). The molecule has 0 bridgehead atoms. The molecule has 3 aromatic carbocycles. The monoisotopic (exact) mass is 354 g/mol. The van der Waals surface area contributed by atoms with Gasteiger partial charge in [-0.05, 0) is 37.6 Å². The predicted molar refractivity (Wildman–Crippen MR) is 111 cm³/mol. The van der Waals surface area contributed by atoms with Gasteiger partial charge in [-0.25, -0.2) is 0 Å². The topological polar surface area (TPSA) is 34.0 Å². The van der Waals surface area contributed by atoms with Crippen LogP contribution in [0.1, 0.15) is 27.0 Å². The number of amides is 1. The molecule has 0 aliphatic rings. The van der Waals surface area contributed by atoms with Gasteiger partial charge in [0.25, 0.3) is 5.91 Å². The van der Waals surface area contributed by atoms with Crippen molar-refractivity contribution in [1.82, 2.24) is 4.57 Å². The van der Waals surface area contributed by atoms with Gasteiger partial charge in [0.2, 0.25) is 0 Å². The lowest BCUT2D eigenvalue weighted by molar-refractivity contribution is 0.102. The van der Waals surface area contributed by atoms with Gasteiger partial charge in [-0.2, -0.15) is 0 Å². The highest BCUT2D eigenvalue weighted by atomic mass is 16.1. The Bertz CT molecular complexity index is 1090. The molecule has 0 saturated carbocycles. The van der Waals surface area contributed by atoms with Crippen LogP contribution < -0.4 is 5.32 Å². The number of anilines is 1. The highest BCUT2D eigenvalue weighted by molar-refractivity contribution is 6.09. The van der Waals surface area contributed by atoms with Crippen LogP contribution in [-0.4, -0.2) is 10.5 Å². The van der Waals surface area contributed by atoms with Crippen molar-refractivity contribution in [3.63, 3.8) is 0 Å². The van der Waals surface area contributed by atoms with E-state index >= 15 is 0 Å². The van der Waals surface area contributed by atoms with Crippen LogP contribution in [0.5, 0.6) is 0 Å². The Balaban J connectivity index is 1.66. The van der Waals surface area contributed by atoms with E-state index in [2.05, 4.69) is 47.1 Å². The molecule has 0 aliphatic heterocycles. The van der Waals surface area contributed by atoms with E-state index in [0.29, 0.717) is 5.56 Å². The third-order valence-corrected chi connectivity index (χ3v) is 4.82. The fourth-order valence-electron chi connectivity index (χ4n) is 3.27. The minimum atomic E-state index is -0.0896. The molecule has 0 radical (unpaired) electrons. The van der Waals surface area contributed by atoms with Gasteiger partial charge in [0, 0.05) is 23.7 Å². The van der Waals surface area contributed by atoms with Gasteiger partial charge < -0.3 is 9.88 Å². The quantitative estimate of drug-likeness (QED) is 0.511. The van der Waals surface area contributed by atoms with E-state index in [9.17, 15) is 4.79 Å². The second kappa shape index (κ2) is 7.12. The van der Waals surface area contributed by atoms with Crippen LogP contribution in [0.25, 0.3) is 10.9 Å². The first-order valence-corrected chi connectivity index (χ1v) is 9.11. The van der Waals surface area contributed by atoms with Gasteiger partial charge in [-0.15, -0.1) is 0 Å². The molecule has 1 amide bonds. The van der Waals surface area contributed by atoms with Gasteiger partial charge in [0.05, 0.1) is 11.2 Å². The highest BCUT2D eigenvalue weighted by Crippen LogP contribution is 2.27. The normalized spacial score (nSPS) is 10.9. The third kappa shape index (κ3) is 3.63. The molecular weight excluding hydrogens is 332 g/mol. The molecule has 27 heavy (non-hydrogen) atoms. The number of carbonyl (C=O) groups excluding carboxylic acids is 1. The van der Waals surface area contributed by atoms with Gasteiger partial charge in [0.1, 0.15) is 0 Å². The van der Waals surface area contributed by atoms with Crippen molar-refractivity contribution in [2.45, 2.75) is 20.4 Å². The molecule has 0 fully saturated rings. The van der Waals surface area contributed by atoms with Crippen LogP contribution in [0.4, 0.5) is 5.69 Å². The molecule has 1 aromatic heterocycles. The van der Waals surface area contributed by atoms with E-state index in [-0.39, 0.29) is 5.91 Å². The lowest BCUT2D eigenvalue weighted by atomic mass is 10.1. The summed E-state index contributed by atoms with van der Waals surface area (Å²) in [6.07, 6.45) is 2.02. The van der Waals surface area contributed by atoms with Crippen LogP contribution >= 0.6 is 0 Å². The summed E-state index contributed by atoms with van der Waals surface area (Å²) in [6.45, 7) is 4.87. The smallest absolute Gasteiger partial charge is 0.255 e. The van der Waals surface area contributed by atoms with E-state index in [4.69, 9.17) is 0 Å². The fraction of sp³-hybridized carbons (Fsp3) is 0.125. The van der Waals surface area contributed by atoms with E-state index in [0.717, 1.165) is 28.7 Å². The Kier molecular flexibility index (Phi) is 4.51. The summed E-state index contributed by atoms with van der Waals surface area (Å²) in [5.41, 5.74) is 6.23. The van der Waals surface area contributed by atoms with Gasteiger partial charge in [-0.1, -0.05) is 65.7 Å². The van der Waals surface area contributed by atoms with Gasteiger partial charge in [-0.3, -0.25) is 4.79 Å². The summed E-state index contributed by atoms with van der Waals surface area (Å²) < 4.78 is 2.19. The largest absolute Gasteiger partial charge is 0.341 e. The molecule has 3 heteroatoms. The summed E-state index contributed by atoms with van der Waals surface area (Å²) in [5, 5.41) is 4.12. The van der Waals surface area contributed by atoms with Crippen molar-refractivity contribution < 1.29 is 4.79 Å². The second-order valence-corrected chi connectivity index (χ2v) is 6.99. The van der Waals surface area contributed by atoms with Crippen molar-refractivity contribution in [1.29, 1.82) is 0 Å². The van der Waals surface area contributed by atoms with Crippen LogP contribution in [0, 0.1) is 13.8 Å². The van der Waals surface area contributed by atoms with E-state index in [1.807, 2.05) is 55.6 Å². The zero-order chi connectivity index (χ0) is 18.8. The van der Waals surface area contributed by atoms with Crippen molar-refractivity contribution in [3.05, 3.63) is 101 Å².